The largest absolute Gasteiger partial charge is 0.467 e. The van der Waals surface area contributed by atoms with Gasteiger partial charge < -0.3 is 8.98 Å². The van der Waals surface area contributed by atoms with E-state index in [4.69, 9.17) is 4.42 Å². The van der Waals surface area contributed by atoms with Crippen LogP contribution < -0.4 is 0 Å². The van der Waals surface area contributed by atoms with Gasteiger partial charge in [0.15, 0.2) is 5.65 Å². The minimum Gasteiger partial charge on any atom is -0.467 e. The predicted molar refractivity (Wildman–Crippen MR) is 53.1 cm³/mol. The molecule has 0 saturated heterocycles. The fourth-order valence-corrected chi connectivity index (χ4v) is 1.50. The zero-order valence-electron chi connectivity index (χ0n) is 7.87. The molecule has 0 aliphatic heterocycles. The maximum absolute atomic E-state index is 5.26. The first-order chi connectivity index (χ1) is 7.43. The van der Waals surface area contributed by atoms with Gasteiger partial charge in [-0.25, -0.2) is 15.0 Å². The predicted octanol–water partition coefficient (Wildman–Crippen LogP) is 1.47. The SMILES string of the molecule is c1coc(Cn2cnc3cncnc32)c1. The lowest BCUT2D eigenvalue weighted by Crippen LogP contribution is -1.97. The summed E-state index contributed by atoms with van der Waals surface area (Å²) < 4.78 is 7.19. The molecule has 0 N–H and O–H groups in total. The lowest BCUT2D eigenvalue weighted by Gasteiger charge is -1.99. The van der Waals surface area contributed by atoms with Gasteiger partial charge in [0.2, 0.25) is 0 Å². The molecule has 0 saturated carbocycles. The Bertz CT molecular complexity index is 570. The van der Waals surface area contributed by atoms with Gasteiger partial charge in [-0.15, -0.1) is 0 Å². The Morgan fingerprint density at radius 2 is 2.33 bits per heavy atom. The van der Waals surface area contributed by atoms with Crippen molar-refractivity contribution in [3.05, 3.63) is 43.0 Å². The Morgan fingerprint density at radius 1 is 1.33 bits per heavy atom. The van der Waals surface area contributed by atoms with Gasteiger partial charge in [-0.2, -0.15) is 0 Å². The molecule has 0 fully saturated rings. The molecule has 0 atom stereocenters. The molecule has 0 aliphatic rings. The first-order valence-corrected chi connectivity index (χ1v) is 4.57. The highest BCUT2D eigenvalue weighted by molar-refractivity contribution is 5.68. The topological polar surface area (TPSA) is 56.7 Å². The molecule has 5 heteroatoms. The molecule has 0 bridgehead atoms. The smallest absolute Gasteiger partial charge is 0.163 e. The highest BCUT2D eigenvalue weighted by Gasteiger charge is 2.04. The second kappa shape index (κ2) is 3.20. The van der Waals surface area contributed by atoms with E-state index in [0.29, 0.717) is 6.54 Å². The fourth-order valence-electron chi connectivity index (χ4n) is 1.50. The van der Waals surface area contributed by atoms with Crippen LogP contribution >= 0.6 is 0 Å². The number of aromatic nitrogens is 4. The van der Waals surface area contributed by atoms with Crippen molar-refractivity contribution in [2.75, 3.05) is 0 Å². The summed E-state index contributed by atoms with van der Waals surface area (Å²) in [5, 5.41) is 0. The van der Waals surface area contributed by atoms with Crippen LogP contribution in [-0.4, -0.2) is 19.5 Å². The number of hydrogen-bond acceptors (Lipinski definition) is 4. The van der Waals surface area contributed by atoms with Crippen LogP contribution in [0.3, 0.4) is 0 Å². The second-order valence-corrected chi connectivity index (χ2v) is 3.18. The third-order valence-corrected chi connectivity index (χ3v) is 2.19. The molecule has 3 aromatic rings. The number of furan rings is 1. The Hall–Kier alpha value is -2.17. The third kappa shape index (κ3) is 1.38. The van der Waals surface area contributed by atoms with Gasteiger partial charge in [-0.1, -0.05) is 0 Å². The van der Waals surface area contributed by atoms with Crippen molar-refractivity contribution < 1.29 is 4.42 Å². The summed E-state index contributed by atoms with van der Waals surface area (Å²) in [5.74, 6) is 0.882. The van der Waals surface area contributed by atoms with Gasteiger partial charge in [0.05, 0.1) is 25.3 Å². The number of fused-ring (bicyclic) bond motifs is 1. The van der Waals surface area contributed by atoms with Crippen molar-refractivity contribution >= 4 is 11.2 Å². The maximum Gasteiger partial charge on any atom is 0.163 e. The summed E-state index contributed by atoms with van der Waals surface area (Å²) in [4.78, 5) is 12.3. The average molecular weight is 200 g/mol. The Balaban J connectivity index is 2.05. The van der Waals surface area contributed by atoms with E-state index in [-0.39, 0.29) is 0 Å². The van der Waals surface area contributed by atoms with Gasteiger partial charge in [-0.05, 0) is 12.1 Å². The monoisotopic (exact) mass is 200 g/mol. The Morgan fingerprint density at radius 3 is 3.20 bits per heavy atom. The van der Waals surface area contributed by atoms with Crippen LogP contribution in [-0.2, 0) is 6.54 Å². The number of rotatable bonds is 2. The van der Waals surface area contributed by atoms with Crippen LogP contribution in [0.2, 0.25) is 0 Å². The number of nitrogens with zero attached hydrogens (tertiary/aromatic N) is 4. The summed E-state index contributed by atoms with van der Waals surface area (Å²) in [6.45, 7) is 0.639. The summed E-state index contributed by atoms with van der Waals surface area (Å²) in [6.07, 6.45) is 6.61. The quantitative estimate of drug-likeness (QED) is 0.628. The molecule has 0 spiro atoms. The van der Waals surface area contributed by atoms with Gasteiger partial charge in [0.25, 0.3) is 0 Å². The molecular formula is C10H8N4O. The van der Waals surface area contributed by atoms with Gasteiger partial charge in [0, 0.05) is 0 Å². The molecule has 0 aromatic carbocycles. The van der Waals surface area contributed by atoms with Crippen LogP contribution in [0.4, 0.5) is 0 Å². The van der Waals surface area contributed by atoms with Crippen LogP contribution in [0.5, 0.6) is 0 Å². The molecule has 15 heavy (non-hydrogen) atoms. The van der Waals surface area contributed by atoms with Crippen LogP contribution in [0.15, 0.2) is 41.7 Å². The molecule has 5 nitrogen and oxygen atoms in total. The van der Waals surface area contributed by atoms with E-state index in [0.717, 1.165) is 16.9 Å². The highest BCUT2D eigenvalue weighted by atomic mass is 16.3. The molecule has 74 valence electrons. The Labute approximate surface area is 85.4 Å². The fraction of sp³-hybridized carbons (Fsp3) is 0.100. The van der Waals surface area contributed by atoms with Crippen LogP contribution in [0.1, 0.15) is 5.76 Å². The highest BCUT2D eigenvalue weighted by Crippen LogP contribution is 2.10. The maximum atomic E-state index is 5.26. The van der Waals surface area contributed by atoms with Crippen LogP contribution in [0.25, 0.3) is 11.2 Å². The molecule has 0 amide bonds. The minimum atomic E-state index is 0.639. The first kappa shape index (κ1) is 8.16. The molecule has 0 radical (unpaired) electrons. The Kier molecular flexibility index (Phi) is 1.74. The number of imidazole rings is 1. The summed E-state index contributed by atoms with van der Waals surface area (Å²) in [5.41, 5.74) is 1.62. The van der Waals surface area contributed by atoms with Crippen molar-refractivity contribution in [2.45, 2.75) is 6.54 Å². The van der Waals surface area contributed by atoms with E-state index < -0.39 is 0 Å². The normalized spacial score (nSPS) is 10.9. The summed E-state index contributed by atoms with van der Waals surface area (Å²) in [7, 11) is 0. The lowest BCUT2D eigenvalue weighted by atomic mass is 10.4. The van der Waals surface area contributed by atoms with Crippen molar-refractivity contribution in [2.24, 2.45) is 0 Å². The molecule has 0 aliphatic carbocycles. The zero-order valence-corrected chi connectivity index (χ0v) is 7.87. The molecular weight excluding hydrogens is 192 g/mol. The second-order valence-electron chi connectivity index (χ2n) is 3.18. The molecule has 3 rings (SSSR count). The summed E-state index contributed by atoms with van der Waals surface area (Å²) >= 11 is 0. The van der Waals surface area contributed by atoms with E-state index in [1.165, 1.54) is 6.33 Å². The van der Waals surface area contributed by atoms with Crippen molar-refractivity contribution in [3.8, 4) is 0 Å². The average Bonchev–Trinajstić information content (AvgIpc) is 2.89. The zero-order chi connectivity index (χ0) is 10.1. The van der Waals surface area contributed by atoms with Gasteiger partial charge in [-0.3, -0.25) is 0 Å². The molecule has 3 heterocycles. The third-order valence-electron chi connectivity index (χ3n) is 2.19. The lowest BCUT2D eigenvalue weighted by molar-refractivity contribution is 0.495. The van der Waals surface area contributed by atoms with Crippen molar-refractivity contribution in [1.82, 2.24) is 19.5 Å². The van der Waals surface area contributed by atoms with E-state index in [2.05, 4.69) is 15.0 Å². The van der Waals surface area contributed by atoms with E-state index >= 15 is 0 Å². The van der Waals surface area contributed by atoms with E-state index in [1.807, 2.05) is 16.7 Å². The first-order valence-electron chi connectivity index (χ1n) is 4.57. The van der Waals surface area contributed by atoms with E-state index in [1.54, 1.807) is 18.8 Å². The van der Waals surface area contributed by atoms with Crippen molar-refractivity contribution in [3.63, 3.8) is 0 Å². The van der Waals surface area contributed by atoms with E-state index in [9.17, 15) is 0 Å². The minimum absolute atomic E-state index is 0.639. The standard InChI is InChI=1S/C10H8N4O/c1-2-8(15-3-1)5-14-7-13-9-4-11-6-12-10(9)14/h1-4,6-7H,5H2. The van der Waals surface area contributed by atoms with Gasteiger partial charge >= 0.3 is 0 Å². The van der Waals surface area contributed by atoms with Gasteiger partial charge in [0.1, 0.15) is 17.6 Å². The molecule has 0 unspecified atom stereocenters. The summed E-state index contributed by atoms with van der Waals surface area (Å²) in [6, 6.07) is 3.79. The van der Waals surface area contributed by atoms with Crippen molar-refractivity contribution in [1.29, 1.82) is 0 Å². The van der Waals surface area contributed by atoms with Crippen LogP contribution in [0, 0.1) is 0 Å². The molecule has 3 aromatic heterocycles. The number of hydrogen-bond donors (Lipinski definition) is 0.